The van der Waals surface area contributed by atoms with Gasteiger partial charge in [0.05, 0.1) is 0 Å². The second-order valence-electron chi connectivity index (χ2n) is 3.07. The second-order valence-corrected chi connectivity index (χ2v) is 3.93. The number of amides is 1. The van der Waals surface area contributed by atoms with E-state index in [1.54, 1.807) is 0 Å². The Morgan fingerprint density at radius 1 is 1.59 bits per heavy atom. The number of nitrogens with zero attached hydrogens (tertiary/aromatic N) is 1. The summed E-state index contributed by atoms with van der Waals surface area (Å²) in [5, 5.41) is 3.58. The molecule has 1 heterocycles. The highest BCUT2D eigenvalue weighted by Crippen LogP contribution is 2.29. The van der Waals surface area contributed by atoms with Crippen LogP contribution < -0.4 is 5.32 Å². The van der Waals surface area contributed by atoms with Crippen LogP contribution >= 0.6 is 11.3 Å². The summed E-state index contributed by atoms with van der Waals surface area (Å²) in [7, 11) is 0. The first kappa shape index (κ1) is 13.5. The molecule has 92 valence electrons. The van der Waals surface area contributed by atoms with Crippen molar-refractivity contribution in [1.82, 2.24) is 10.3 Å². The van der Waals surface area contributed by atoms with E-state index in [0.717, 1.165) is 16.7 Å². The first-order valence-electron chi connectivity index (χ1n) is 4.65. The van der Waals surface area contributed by atoms with Gasteiger partial charge in [-0.3, -0.25) is 4.79 Å². The molecule has 17 heavy (non-hydrogen) atoms. The van der Waals surface area contributed by atoms with E-state index in [9.17, 15) is 18.0 Å². The highest BCUT2D eigenvalue weighted by Gasteiger charge is 2.33. The van der Waals surface area contributed by atoms with Crippen molar-refractivity contribution in [3.63, 3.8) is 0 Å². The quantitative estimate of drug-likeness (QED) is 0.654. The number of nitrogens with one attached hydrogen (secondary N) is 1. The lowest BCUT2D eigenvalue weighted by atomic mass is 10.4. The Morgan fingerprint density at radius 3 is 2.82 bits per heavy atom. The largest absolute Gasteiger partial charge is 0.434 e. The lowest BCUT2D eigenvalue weighted by molar-refractivity contribution is -0.140. The Morgan fingerprint density at radius 2 is 2.29 bits per heavy atom. The molecule has 0 aliphatic heterocycles. The smallest absolute Gasteiger partial charge is 0.355 e. The van der Waals surface area contributed by atoms with Crippen molar-refractivity contribution >= 4 is 17.2 Å². The van der Waals surface area contributed by atoms with E-state index in [0.29, 0.717) is 13.0 Å². The molecule has 0 saturated heterocycles. The average Bonchev–Trinajstić information content (AvgIpc) is 2.64. The number of carbonyl (C=O) groups is 1. The number of alkyl halides is 3. The molecule has 1 amide bonds. The topological polar surface area (TPSA) is 42.0 Å². The monoisotopic (exact) mass is 262 g/mol. The van der Waals surface area contributed by atoms with Crippen LogP contribution in [0, 0.1) is 11.8 Å². The summed E-state index contributed by atoms with van der Waals surface area (Å²) in [6.07, 6.45) is -4.05. The molecule has 7 heteroatoms. The summed E-state index contributed by atoms with van der Waals surface area (Å²) < 4.78 is 36.5. The van der Waals surface area contributed by atoms with Gasteiger partial charge in [-0.15, -0.1) is 11.3 Å². The Hall–Kier alpha value is -1.55. The number of halogens is 3. The predicted octanol–water partition coefficient (Wildman–Crippen LogP) is 2.04. The van der Waals surface area contributed by atoms with Crippen LogP contribution in [-0.4, -0.2) is 17.4 Å². The summed E-state index contributed by atoms with van der Waals surface area (Å²) in [6.45, 7) is 1.75. The third kappa shape index (κ3) is 4.87. The minimum absolute atomic E-state index is 0.125. The molecule has 0 spiro atoms. The standard InChI is InChI=1S/C10H9F3N2OS/c1-7(16)14-5-3-2-4-9-15-8(6-17-9)10(11,12)13/h6H,3,5H2,1H3,(H,14,16). The highest BCUT2D eigenvalue weighted by atomic mass is 32.1. The van der Waals surface area contributed by atoms with E-state index < -0.39 is 11.9 Å². The van der Waals surface area contributed by atoms with Crippen LogP contribution in [0.4, 0.5) is 13.2 Å². The van der Waals surface area contributed by atoms with E-state index in [1.165, 1.54) is 6.92 Å². The first-order chi connectivity index (χ1) is 7.89. The summed E-state index contributed by atoms with van der Waals surface area (Å²) in [4.78, 5) is 13.8. The normalized spacial score (nSPS) is 10.6. The van der Waals surface area contributed by atoms with E-state index >= 15 is 0 Å². The van der Waals surface area contributed by atoms with Crippen molar-refractivity contribution in [2.45, 2.75) is 19.5 Å². The molecule has 0 saturated carbocycles. The van der Waals surface area contributed by atoms with Gasteiger partial charge in [-0.25, -0.2) is 4.98 Å². The van der Waals surface area contributed by atoms with Gasteiger partial charge < -0.3 is 5.32 Å². The van der Waals surface area contributed by atoms with Crippen LogP contribution in [-0.2, 0) is 11.0 Å². The first-order valence-corrected chi connectivity index (χ1v) is 5.53. The molecule has 1 aromatic rings. The average molecular weight is 262 g/mol. The third-order valence-electron chi connectivity index (χ3n) is 1.61. The molecule has 1 rings (SSSR count). The van der Waals surface area contributed by atoms with Crippen LogP contribution in [0.2, 0.25) is 0 Å². The van der Waals surface area contributed by atoms with Gasteiger partial charge in [0, 0.05) is 25.3 Å². The summed E-state index contributed by atoms with van der Waals surface area (Å²) in [5.74, 6) is 4.99. The lowest BCUT2D eigenvalue weighted by Gasteiger charge is -1.98. The van der Waals surface area contributed by atoms with E-state index in [-0.39, 0.29) is 10.9 Å². The molecule has 0 atom stereocenters. The van der Waals surface area contributed by atoms with Gasteiger partial charge in [-0.1, -0.05) is 5.92 Å². The van der Waals surface area contributed by atoms with Gasteiger partial charge in [0.15, 0.2) is 10.7 Å². The summed E-state index contributed by atoms with van der Waals surface area (Å²) in [6, 6.07) is 0. The number of carbonyl (C=O) groups excluding carboxylic acids is 1. The maximum absolute atomic E-state index is 12.2. The van der Waals surface area contributed by atoms with Crippen LogP contribution in [0.5, 0.6) is 0 Å². The zero-order valence-electron chi connectivity index (χ0n) is 8.89. The molecular formula is C10H9F3N2OS. The van der Waals surface area contributed by atoms with Crippen LogP contribution in [0.25, 0.3) is 0 Å². The van der Waals surface area contributed by atoms with Gasteiger partial charge in [-0.05, 0) is 5.92 Å². The van der Waals surface area contributed by atoms with E-state index in [4.69, 9.17) is 0 Å². The fourth-order valence-electron chi connectivity index (χ4n) is 0.900. The molecule has 0 fully saturated rings. The van der Waals surface area contributed by atoms with Crippen molar-refractivity contribution in [1.29, 1.82) is 0 Å². The molecule has 3 nitrogen and oxygen atoms in total. The Bertz CT molecular complexity index is 456. The van der Waals surface area contributed by atoms with Crippen molar-refractivity contribution in [2.24, 2.45) is 0 Å². The predicted molar refractivity (Wildman–Crippen MR) is 57.3 cm³/mol. The van der Waals surface area contributed by atoms with E-state index in [1.807, 2.05) is 0 Å². The van der Waals surface area contributed by atoms with Gasteiger partial charge in [-0.2, -0.15) is 13.2 Å². The van der Waals surface area contributed by atoms with Crippen LogP contribution in [0.1, 0.15) is 24.0 Å². The van der Waals surface area contributed by atoms with Gasteiger partial charge in [0.1, 0.15) is 0 Å². The minimum Gasteiger partial charge on any atom is -0.355 e. The Labute approximate surface area is 100 Å². The molecule has 1 aromatic heterocycles. The second kappa shape index (κ2) is 5.68. The molecule has 0 unspecified atom stereocenters. The molecule has 1 N–H and O–H groups in total. The molecular weight excluding hydrogens is 253 g/mol. The highest BCUT2D eigenvalue weighted by molar-refractivity contribution is 7.10. The van der Waals surface area contributed by atoms with Gasteiger partial charge >= 0.3 is 6.18 Å². The summed E-state index contributed by atoms with van der Waals surface area (Å²) >= 11 is 0.849. The van der Waals surface area contributed by atoms with Crippen molar-refractivity contribution in [3.8, 4) is 11.8 Å². The van der Waals surface area contributed by atoms with Gasteiger partial charge in [0.2, 0.25) is 5.91 Å². The number of thiazole rings is 1. The molecule has 0 radical (unpaired) electrons. The van der Waals surface area contributed by atoms with Crippen molar-refractivity contribution in [3.05, 3.63) is 16.1 Å². The zero-order chi connectivity index (χ0) is 12.9. The van der Waals surface area contributed by atoms with E-state index in [2.05, 4.69) is 22.1 Å². The number of aromatic nitrogens is 1. The zero-order valence-corrected chi connectivity index (χ0v) is 9.71. The molecule has 0 aliphatic rings. The third-order valence-corrected chi connectivity index (χ3v) is 2.37. The molecule has 0 bridgehead atoms. The Kier molecular flexibility index (Phi) is 4.52. The fourth-order valence-corrected chi connectivity index (χ4v) is 1.59. The maximum atomic E-state index is 12.2. The van der Waals surface area contributed by atoms with Crippen molar-refractivity contribution in [2.75, 3.05) is 6.54 Å². The van der Waals surface area contributed by atoms with Gasteiger partial charge in [0.25, 0.3) is 0 Å². The fraction of sp³-hybridized carbons (Fsp3) is 0.400. The Balaban J connectivity index is 2.50. The van der Waals surface area contributed by atoms with Crippen LogP contribution in [0.3, 0.4) is 0 Å². The molecule has 0 aromatic carbocycles. The summed E-state index contributed by atoms with van der Waals surface area (Å²) in [5.41, 5.74) is -0.923. The molecule has 0 aliphatic carbocycles. The van der Waals surface area contributed by atoms with Crippen molar-refractivity contribution < 1.29 is 18.0 Å². The number of rotatable bonds is 2. The number of hydrogen-bond acceptors (Lipinski definition) is 3. The SMILES string of the molecule is CC(=O)NCCC#Cc1nc(C(F)(F)F)cs1. The maximum Gasteiger partial charge on any atom is 0.434 e. The minimum atomic E-state index is -4.42. The van der Waals surface area contributed by atoms with Crippen LogP contribution in [0.15, 0.2) is 5.38 Å². The lowest BCUT2D eigenvalue weighted by Crippen LogP contribution is -2.20. The number of hydrogen-bond donors (Lipinski definition) is 1.